The van der Waals surface area contributed by atoms with Crippen LogP contribution in [-0.2, 0) is 25.5 Å². The molecule has 5 nitrogen and oxygen atoms in total. The molecular formula is C16H20BrNO4. The van der Waals surface area contributed by atoms with E-state index in [0.29, 0.717) is 32.5 Å². The van der Waals surface area contributed by atoms with Crippen LogP contribution in [0.2, 0.25) is 0 Å². The van der Waals surface area contributed by atoms with Crippen LogP contribution < -0.4 is 5.32 Å². The van der Waals surface area contributed by atoms with Crippen LogP contribution in [0, 0.1) is 5.92 Å². The van der Waals surface area contributed by atoms with Gasteiger partial charge in [-0.1, -0.05) is 28.1 Å². The third-order valence-electron chi connectivity index (χ3n) is 3.75. The summed E-state index contributed by atoms with van der Waals surface area (Å²) < 4.78 is 11.0. The van der Waals surface area contributed by atoms with Crippen LogP contribution in [0.4, 0.5) is 0 Å². The second-order valence-corrected chi connectivity index (χ2v) is 6.22. The van der Waals surface area contributed by atoms with Gasteiger partial charge in [-0.2, -0.15) is 0 Å². The van der Waals surface area contributed by atoms with Crippen molar-refractivity contribution in [3.05, 3.63) is 34.3 Å². The van der Waals surface area contributed by atoms with E-state index in [9.17, 15) is 9.59 Å². The number of hydrogen-bond acceptors (Lipinski definition) is 4. The van der Waals surface area contributed by atoms with Crippen molar-refractivity contribution in [3.8, 4) is 0 Å². The van der Waals surface area contributed by atoms with E-state index in [1.807, 2.05) is 24.3 Å². The predicted molar refractivity (Wildman–Crippen MR) is 85.3 cm³/mol. The normalized spacial score (nSPS) is 16.8. The molecule has 0 radical (unpaired) electrons. The first-order valence-corrected chi connectivity index (χ1v) is 8.10. The van der Waals surface area contributed by atoms with Gasteiger partial charge in [-0.05, 0) is 30.5 Å². The van der Waals surface area contributed by atoms with Crippen molar-refractivity contribution in [1.82, 2.24) is 5.32 Å². The van der Waals surface area contributed by atoms with Crippen molar-refractivity contribution in [1.29, 1.82) is 0 Å². The van der Waals surface area contributed by atoms with E-state index in [1.54, 1.807) is 0 Å². The van der Waals surface area contributed by atoms with E-state index < -0.39 is 12.0 Å². The van der Waals surface area contributed by atoms with Crippen LogP contribution in [0.1, 0.15) is 18.4 Å². The maximum atomic E-state index is 12.3. The monoisotopic (exact) mass is 369 g/mol. The number of ether oxygens (including phenoxy) is 2. The van der Waals surface area contributed by atoms with Gasteiger partial charge in [0.2, 0.25) is 5.91 Å². The third kappa shape index (κ3) is 4.81. The molecule has 1 amide bonds. The molecule has 1 N–H and O–H groups in total. The molecule has 0 unspecified atom stereocenters. The molecule has 1 saturated heterocycles. The Bertz CT molecular complexity index is 511. The van der Waals surface area contributed by atoms with Crippen molar-refractivity contribution in [3.63, 3.8) is 0 Å². The van der Waals surface area contributed by atoms with Crippen molar-refractivity contribution >= 4 is 27.8 Å². The van der Waals surface area contributed by atoms with Crippen LogP contribution in [0.25, 0.3) is 0 Å². The van der Waals surface area contributed by atoms with Crippen molar-refractivity contribution in [2.45, 2.75) is 25.3 Å². The number of rotatable bonds is 5. The SMILES string of the molecule is COC(=O)[C@H](Cc1ccc(Br)cc1)NC(=O)C1CCOCC1. The highest BCUT2D eigenvalue weighted by Gasteiger charge is 2.27. The minimum absolute atomic E-state index is 0.0918. The summed E-state index contributed by atoms with van der Waals surface area (Å²) in [7, 11) is 1.33. The molecule has 1 fully saturated rings. The number of halogens is 1. The Balaban J connectivity index is 2.00. The highest BCUT2D eigenvalue weighted by molar-refractivity contribution is 9.10. The molecule has 1 atom stereocenters. The fourth-order valence-corrected chi connectivity index (χ4v) is 2.71. The molecule has 1 aromatic carbocycles. The quantitative estimate of drug-likeness (QED) is 0.807. The Morgan fingerprint density at radius 3 is 2.55 bits per heavy atom. The molecule has 0 bridgehead atoms. The Labute approximate surface area is 138 Å². The van der Waals surface area contributed by atoms with Crippen LogP contribution in [0.5, 0.6) is 0 Å². The molecule has 2 rings (SSSR count). The van der Waals surface area contributed by atoms with E-state index in [-0.39, 0.29) is 11.8 Å². The van der Waals surface area contributed by atoms with Crippen molar-refractivity contribution < 1.29 is 19.1 Å². The maximum Gasteiger partial charge on any atom is 0.328 e. The van der Waals surface area contributed by atoms with E-state index in [0.717, 1.165) is 10.0 Å². The molecule has 6 heteroatoms. The average molecular weight is 370 g/mol. The third-order valence-corrected chi connectivity index (χ3v) is 4.28. The van der Waals surface area contributed by atoms with Crippen LogP contribution in [0.15, 0.2) is 28.7 Å². The first kappa shape index (κ1) is 17.0. The topological polar surface area (TPSA) is 64.6 Å². The highest BCUT2D eigenvalue weighted by atomic mass is 79.9. The molecule has 22 heavy (non-hydrogen) atoms. The molecule has 1 heterocycles. The Hall–Kier alpha value is -1.40. The van der Waals surface area contributed by atoms with Gasteiger partial charge in [-0.3, -0.25) is 4.79 Å². The fourth-order valence-electron chi connectivity index (χ4n) is 2.44. The van der Waals surface area contributed by atoms with Crippen molar-refractivity contribution in [2.24, 2.45) is 5.92 Å². The first-order valence-electron chi connectivity index (χ1n) is 7.30. The molecule has 0 spiro atoms. The summed E-state index contributed by atoms with van der Waals surface area (Å²) in [5, 5.41) is 2.82. The van der Waals surface area contributed by atoms with Crippen LogP contribution >= 0.6 is 15.9 Å². The van der Waals surface area contributed by atoms with Gasteiger partial charge in [-0.15, -0.1) is 0 Å². The zero-order valence-electron chi connectivity index (χ0n) is 12.5. The van der Waals surface area contributed by atoms with E-state index in [1.165, 1.54) is 7.11 Å². The zero-order chi connectivity index (χ0) is 15.9. The first-order chi connectivity index (χ1) is 10.6. The standard InChI is InChI=1S/C16H20BrNO4/c1-21-16(20)14(10-11-2-4-13(17)5-3-11)18-15(19)12-6-8-22-9-7-12/h2-5,12,14H,6-10H2,1H3,(H,18,19)/t14-/m0/s1. The summed E-state index contributed by atoms with van der Waals surface area (Å²) in [6, 6.07) is 6.98. The fraction of sp³-hybridized carbons (Fsp3) is 0.500. The highest BCUT2D eigenvalue weighted by Crippen LogP contribution is 2.16. The number of hydrogen-bond donors (Lipinski definition) is 1. The summed E-state index contributed by atoms with van der Waals surface area (Å²) in [5.74, 6) is -0.620. The van der Waals surface area contributed by atoms with Gasteiger partial charge in [0.1, 0.15) is 6.04 Å². The van der Waals surface area contributed by atoms with Gasteiger partial charge in [0, 0.05) is 30.0 Å². The number of amides is 1. The lowest BCUT2D eigenvalue weighted by atomic mass is 9.98. The van der Waals surface area contributed by atoms with Gasteiger partial charge in [0.15, 0.2) is 0 Å². The Morgan fingerprint density at radius 1 is 1.32 bits per heavy atom. The maximum absolute atomic E-state index is 12.3. The smallest absolute Gasteiger partial charge is 0.328 e. The summed E-state index contributed by atoms with van der Waals surface area (Å²) in [4.78, 5) is 24.2. The average Bonchev–Trinajstić information content (AvgIpc) is 2.56. The van der Waals surface area contributed by atoms with Crippen molar-refractivity contribution in [2.75, 3.05) is 20.3 Å². The molecule has 0 aliphatic carbocycles. The molecule has 0 saturated carbocycles. The lowest BCUT2D eigenvalue weighted by molar-refractivity contribution is -0.146. The minimum atomic E-state index is -0.665. The number of benzene rings is 1. The lowest BCUT2D eigenvalue weighted by Crippen LogP contribution is -2.46. The number of nitrogens with one attached hydrogen (secondary N) is 1. The Kier molecular flexibility index (Phi) is 6.39. The summed E-state index contributed by atoms with van der Waals surface area (Å²) in [5.41, 5.74) is 0.964. The van der Waals surface area contributed by atoms with Gasteiger partial charge in [-0.25, -0.2) is 4.79 Å². The molecule has 1 aliphatic rings. The predicted octanol–water partition coefficient (Wildman–Crippen LogP) is 2.08. The number of esters is 1. The molecule has 120 valence electrons. The molecular weight excluding hydrogens is 350 g/mol. The summed E-state index contributed by atoms with van der Waals surface area (Å²) in [6.45, 7) is 1.18. The summed E-state index contributed by atoms with van der Waals surface area (Å²) >= 11 is 3.37. The van der Waals surface area contributed by atoms with Gasteiger partial charge < -0.3 is 14.8 Å². The molecule has 1 aromatic rings. The van der Waals surface area contributed by atoms with Gasteiger partial charge in [0.25, 0.3) is 0 Å². The van der Waals surface area contributed by atoms with Gasteiger partial charge >= 0.3 is 5.97 Å². The van der Waals surface area contributed by atoms with E-state index in [4.69, 9.17) is 9.47 Å². The Morgan fingerprint density at radius 2 is 1.95 bits per heavy atom. The number of carbonyl (C=O) groups is 2. The van der Waals surface area contributed by atoms with Crippen LogP contribution in [0.3, 0.4) is 0 Å². The zero-order valence-corrected chi connectivity index (χ0v) is 14.1. The molecule has 0 aromatic heterocycles. The largest absolute Gasteiger partial charge is 0.467 e. The lowest BCUT2D eigenvalue weighted by Gasteiger charge is -2.24. The second-order valence-electron chi connectivity index (χ2n) is 5.30. The van der Waals surface area contributed by atoms with Gasteiger partial charge in [0.05, 0.1) is 7.11 Å². The minimum Gasteiger partial charge on any atom is -0.467 e. The molecule has 1 aliphatic heterocycles. The second kappa shape index (κ2) is 8.29. The number of methoxy groups -OCH3 is 1. The van der Waals surface area contributed by atoms with E-state index >= 15 is 0 Å². The van der Waals surface area contributed by atoms with Crippen LogP contribution in [-0.4, -0.2) is 38.2 Å². The van der Waals surface area contributed by atoms with E-state index in [2.05, 4.69) is 21.2 Å². The number of carbonyl (C=O) groups excluding carboxylic acids is 2. The summed E-state index contributed by atoms with van der Waals surface area (Å²) in [6.07, 6.45) is 1.80.